The predicted octanol–water partition coefficient (Wildman–Crippen LogP) is 2.12. The molecule has 2 N–H and O–H groups in total. The van der Waals surface area contributed by atoms with E-state index in [0.717, 1.165) is 11.1 Å². The van der Waals surface area contributed by atoms with Gasteiger partial charge in [0.15, 0.2) is 5.69 Å². The van der Waals surface area contributed by atoms with Crippen molar-refractivity contribution in [3.8, 4) is 5.75 Å². The third kappa shape index (κ3) is 4.86. The largest absolute Gasteiger partial charge is 0.497 e. The van der Waals surface area contributed by atoms with Gasteiger partial charge >= 0.3 is 0 Å². The average Bonchev–Trinajstić information content (AvgIpc) is 3.29. The summed E-state index contributed by atoms with van der Waals surface area (Å²) >= 11 is 0. The second-order valence-corrected chi connectivity index (χ2v) is 8.55. The van der Waals surface area contributed by atoms with Gasteiger partial charge < -0.3 is 20.3 Å². The van der Waals surface area contributed by atoms with Gasteiger partial charge in [0.05, 0.1) is 13.7 Å². The van der Waals surface area contributed by atoms with E-state index in [-0.39, 0.29) is 42.7 Å². The molecule has 182 valence electrons. The van der Waals surface area contributed by atoms with Gasteiger partial charge in [0.2, 0.25) is 5.91 Å². The van der Waals surface area contributed by atoms with Gasteiger partial charge in [0, 0.05) is 26.2 Å². The Morgan fingerprint density at radius 3 is 2.29 bits per heavy atom. The molecular weight excluding hydrogens is 453 g/mol. The number of hydrogen-bond acceptors (Lipinski definition) is 5. The fourth-order valence-electron chi connectivity index (χ4n) is 3.83. The minimum absolute atomic E-state index is 0.0750. The van der Waals surface area contributed by atoms with Crippen molar-refractivity contribution in [2.45, 2.75) is 32.1 Å². The lowest BCUT2D eigenvalue weighted by Crippen LogP contribution is -2.62. The van der Waals surface area contributed by atoms with Gasteiger partial charge in [-0.3, -0.25) is 19.1 Å². The second kappa shape index (κ2) is 9.57. The molecule has 0 bridgehead atoms. The first-order valence-electron chi connectivity index (χ1n) is 11.0. The molecule has 0 fully saturated rings. The molecule has 35 heavy (non-hydrogen) atoms. The first-order chi connectivity index (χ1) is 16.7. The zero-order valence-corrected chi connectivity index (χ0v) is 19.7. The summed E-state index contributed by atoms with van der Waals surface area (Å²) in [5.74, 6) is -0.878. The SMILES string of the molecule is COc1ccc(CNC(=O)c2cc3n(n2)C[C@@](C)(C(=O)NCc2ccc(F)cc2)N(C)C3=O)cc1. The number of amides is 3. The van der Waals surface area contributed by atoms with E-state index in [1.54, 1.807) is 45.3 Å². The third-order valence-corrected chi connectivity index (χ3v) is 6.20. The van der Waals surface area contributed by atoms with E-state index in [0.29, 0.717) is 5.75 Å². The molecule has 0 radical (unpaired) electrons. The third-order valence-electron chi connectivity index (χ3n) is 6.20. The number of benzene rings is 2. The van der Waals surface area contributed by atoms with Gasteiger partial charge in [-0.05, 0) is 42.3 Å². The Hall–Kier alpha value is -4.21. The van der Waals surface area contributed by atoms with Gasteiger partial charge in [-0.1, -0.05) is 24.3 Å². The number of nitrogens with zero attached hydrogens (tertiary/aromatic N) is 3. The van der Waals surface area contributed by atoms with Crippen LogP contribution in [0, 0.1) is 5.82 Å². The maximum absolute atomic E-state index is 13.1. The summed E-state index contributed by atoms with van der Waals surface area (Å²) in [7, 11) is 3.12. The molecule has 9 nitrogen and oxygen atoms in total. The van der Waals surface area contributed by atoms with Crippen molar-refractivity contribution in [3.05, 3.63) is 82.9 Å². The van der Waals surface area contributed by atoms with Crippen molar-refractivity contribution < 1.29 is 23.5 Å². The van der Waals surface area contributed by atoms with Gasteiger partial charge in [0.1, 0.15) is 22.8 Å². The van der Waals surface area contributed by atoms with Crippen LogP contribution in [0.3, 0.4) is 0 Å². The highest BCUT2D eigenvalue weighted by atomic mass is 19.1. The van der Waals surface area contributed by atoms with Gasteiger partial charge in [0.25, 0.3) is 11.8 Å². The Balaban J connectivity index is 1.44. The standard InChI is InChI=1S/C25H26FN5O4/c1-25(24(34)28-14-16-4-8-18(26)9-5-16)15-31-21(23(33)30(25)2)12-20(29-31)22(32)27-13-17-6-10-19(35-3)11-7-17/h4-12H,13-15H2,1-3H3,(H,27,32)(H,28,34)/t25-/m0/s1. The molecule has 0 spiro atoms. The molecule has 2 heterocycles. The Morgan fingerprint density at radius 2 is 1.66 bits per heavy atom. The lowest BCUT2D eigenvalue weighted by atomic mass is 9.96. The number of methoxy groups -OCH3 is 1. The van der Waals surface area contributed by atoms with E-state index in [4.69, 9.17) is 4.74 Å². The van der Waals surface area contributed by atoms with Crippen LogP contribution < -0.4 is 15.4 Å². The van der Waals surface area contributed by atoms with Crippen molar-refractivity contribution in [2.24, 2.45) is 0 Å². The number of carbonyl (C=O) groups is 3. The summed E-state index contributed by atoms with van der Waals surface area (Å²) in [4.78, 5) is 40.1. The number of halogens is 1. The Labute approximate surface area is 201 Å². The predicted molar refractivity (Wildman–Crippen MR) is 125 cm³/mol. The van der Waals surface area contributed by atoms with E-state index >= 15 is 0 Å². The van der Waals surface area contributed by atoms with Crippen molar-refractivity contribution in [2.75, 3.05) is 14.2 Å². The lowest BCUT2D eigenvalue weighted by Gasteiger charge is -2.40. The summed E-state index contributed by atoms with van der Waals surface area (Å²) in [5.41, 5.74) is 0.692. The van der Waals surface area contributed by atoms with Crippen LogP contribution >= 0.6 is 0 Å². The molecular formula is C25H26FN5O4. The maximum Gasteiger partial charge on any atom is 0.272 e. The van der Waals surface area contributed by atoms with Crippen LogP contribution in [0.25, 0.3) is 0 Å². The molecule has 1 aliphatic heterocycles. The summed E-state index contributed by atoms with van der Waals surface area (Å²) < 4.78 is 19.6. The van der Waals surface area contributed by atoms with Gasteiger partial charge in [-0.25, -0.2) is 4.39 Å². The van der Waals surface area contributed by atoms with E-state index in [1.807, 2.05) is 12.1 Å². The van der Waals surface area contributed by atoms with E-state index < -0.39 is 17.4 Å². The number of aromatic nitrogens is 2. The lowest BCUT2D eigenvalue weighted by molar-refractivity contribution is -0.132. The minimum atomic E-state index is -1.23. The topological polar surface area (TPSA) is 106 Å². The molecule has 3 aromatic rings. The van der Waals surface area contributed by atoms with Crippen LogP contribution in [0.4, 0.5) is 4.39 Å². The van der Waals surface area contributed by atoms with Crippen LogP contribution in [0.1, 0.15) is 39.0 Å². The fourth-order valence-corrected chi connectivity index (χ4v) is 3.83. The van der Waals surface area contributed by atoms with Crippen molar-refractivity contribution in [1.29, 1.82) is 0 Å². The molecule has 0 aliphatic carbocycles. The maximum atomic E-state index is 13.1. The Kier molecular flexibility index (Phi) is 6.54. The minimum Gasteiger partial charge on any atom is -0.497 e. The number of rotatable bonds is 7. The summed E-state index contributed by atoms with van der Waals surface area (Å²) in [6, 6.07) is 14.5. The first kappa shape index (κ1) is 23.9. The number of carbonyl (C=O) groups excluding carboxylic acids is 3. The molecule has 1 aromatic heterocycles. The molecule has 1 atom stereocenters. The number of hydrogen-bond donors (Lipinski definition) is 2. The number of fused-ring (bicyclic) bond motifs is 1. The zero-order chi connectivity index (χ0) is 25.2. The Bertz CT molecular complexity index is 1260. The van der Waals surface area contributed by atoms with Gasteiger partial charge in [-0.15, -0.1) is 0 Å². The van der Waals surface area contributed by atoms with Crippen LogP contribution in [0.2, 0.25) is 0 Å². The average molecular weight is 480 g/mol. The van der Waals surface area contributed by atoms with E-state index in [1.165, 1.54) is 27.8 Å². The molecule has 0 unspecified atom stereocenters. The van der Waals surface area contributed by atoms with Crippen LogP contribution in [-0.4, -0.2) is 52.1 Å². The number of nitrogens with one attached hydrogen (secondary N) is 2. The molecule has 10 heteroatoms. The highest BCUT2D eigenvalue weighted by Gasteiger charge is 2.46. The smallest absolute Gasteiger partial charge is 0.272 e. The molecule has 2 aromatic carbocycles. The number of ether oxygens (including phenoxy) is 1. The molecule has 0 saturated carbocycles. The van der Waals surface area contributed by atoms with Crippen molar-refractivity contribution >= 4 is 17.7 Å². The molecule has 1 aliphatic rings. The monoisotopic (exact) mass is 479 g/mol. The van der Waals surface area contributed by atoms with Gasteiger partial charge in [-0.2, -0.15) is 5.10 Å². The highest BCUT2D eigenvalue weighted by Crippen LogP contribution is 2.26. The molecule has 0 saturated heterocycles. The van der Waals surface area contributed by atoms with Crippen LogP contribution in [0.5, 0.6) is 5.75 Å². The second-order valence-electron chi connectivity index (χ2n) is 8.55. The normalized spacial score (nSPS) is 17.0. The Morgan fingerprint density at radius 1 is 1.06 bits per heavy atom. The highest BCUT2D eigenvalue weighted by molar-refractivity contribution is 6.01. The van der Waals surface area contributed by atoms with E-state index in [9.17, 15) is 18.8 Å². The summed E-state index contributed by atoms with van der Waals surface area (Å²) in [6.45, 7) is 2.18. The van der Waals surface area contributed by atoms with Crippen LogP contribution in [0.15, 0.2) is 54.6 Å². The fraction of sp³-hybridized carbons (Fsp3) is 0.280. The van der Waals surface area contributed by atoms with E-state index in [2.05, 4.69) is 15.7 Å². The molecule has 3 amide bonds. The van der Waals surface area contributed by atoms with Crippen molar-refractivity contribution in [3.63, 3.8) is 0 Å². The quantitative estimate of drug-likeness (QED) is 0.540. The zero-order valence-electron chi connectivity index (χ0n) is 19.7. The van der Waals surface area contributed by atoms with Crippen molar-refractivity contribution in [1.82, 2.24) is 25.3 Å². The summed E-state index contributed by atoms with van der Waals surface area (Å²) in [5, 5.41) is 9.89. The van der Waals surface area contributed by atoms with Crippen LogP contribution in [-0.2, 0) is 24.4 Å². The molecule has 4 rings (SSSR count). The number of likely N-dealkylation sites (N-methyl/N-ethyl adjacent to an activating group) is 1. The summed E-state index contributed by atoms with van der Waals surface area (Å²) in [6.07, 6.45) is 0. The first-order valence-corrected chi connectivity index (χ1v) is 11.0.